The Kier molecular flexibility index (Phi) is 2.86. The number of benzene rings is 1. The number of rotatable bonds is 2. The molecule has 68 valence electrons. The molecule has 1 rings (SSSR count). The van der Waals surface area contributed by atoms with Gasteiger partial charge in [-0.05, 0) is 6.07 Å². The number of ether oxygens (including phenoxy) is 1. The molecule has 1 nitrogen and oxygen atoms in total. The van der Waals surface area contributed by atoms with Gasteiger partial charge in [0, 0.05) is 12.0 Å². The summed E-state index contributed by atoms with van der Waals surface area (Å²) in [6.45, 7) is 0. The van der Waals surface area contributed by atoms with Crippen LogP contribution in [-0.4, -0.2) is 7.11 Å². The summed E-state index contributed by atoms with van der Waals surface area (Å²) in [7, 11) is 1.28. The van der Waals surface area contributed by atoms with Crippen molar-refractivity contribution in [2.75, 3.05) is 7.11 Å². The first kappa shape index (κ1) is 9.53. The van der Waals surface area contributed by atoms with Gasteiger partial charge in [-0.3, -0.25) is 0 Å². The first-order valence-electron chi connectivity index (χ1n) is 3.65. The van der Waals surface area contributed by atoms with Gasteiger partial charge in [0.2, 0.25) is 5.82 Å². The molecule has 0 spiro atoms. The van der Waals surface area contributed by atoms with Crippen LogP contribution in [0.3, 0.4) is 0 Å². The van der Waals surface area contributed by atoms with Crippen LogP contribution in [0.15, 0.2) is 12.1 Å². The Labute approximate surface area is 75.3 Å². The predicted octanol–water partition coefficient (Wildman–Crippen LogP) is 2.15. The van der Waals surface area contributed by atoms with E-state index in [1.54, 1.807) is 0 Å². The summed E-state index contributed by atoms with van der Waals surface area (Å²) < 4.78 is 30.4. The summed E-state index contributed by atoms with van der Waals surface area (Å²) in [5.74, 6) is 0.300. The van der Waals surface area contributed by atoms with Crippen LogP contribution in [0.4, 0.5) is 8.78 Å². The highest BCUT2D eigenvalue weighted by Gasteiger charge is 2.12. The van der Waals surface area contributed by atoms with Gasteiger partial charge in [-0.2, -0.15) is 4.39 Å². The third-order valence-electron chi connectivity index (χ3n) is 1.63. The largest absolute Gasteiger partial charge is 0.493 e. The second-order valence-electron chi connectivity index (χ2n) is 2.43. The van der Waals surface area contributed by atoms with E-state index < -0.39 is 11.6 Å². The highest BCUT2D eigenvalue weighted by molar-refractivity contribution is 5.37. The lowest BCUT2D eigenvalue weighted by Gasteiger charge is -2.06. The van der Waals surface area contributed by atoms with Gasteiger partial charge in [0.1, 0.15) is 0 Å². The van der Waals surface area contributed by atoms with Gasteiger partial charge in [-0.15, -0.1) is 12.3 Å². The third kappa shape index (κ3) is 1.78. The van der Waals surface area contributed by atoms with E-state index in [0.29, 0.717) is 5.56 Å². The van der Waals surface area contributed by atoms with Crippen molar-refractivity contribution in [2.24, 2.45) is 0 Å². The zero-order chi connectivity index (χ0) is 9.84. The normalized spacial score (nSPS) is 9.38. The number of terminal acetylenes is 1. The number of methoxy groups -OCH3 is 1. The van der Waals surface area contributed by atoms with Crippen molar-refractivity contribution in [2.45, 2.75) is 6.42 Å². The summed E-state index contributed by atoms with van der Waals surface area (Å²) in [4.78, 5) is 0. The van der Waals surface area contributed by atoms with Crippen molar-refractivity contribution >= 4 is 0 Å². The highest BCUT2D eigenvalue weighted by atomic mass is 19.2. The van der Waals surface area contributed by atoms with Crippen molar-refractivity contribution in [3.63, 3.8) is 0 Å². The SMILES string of the molecule is C#CCc1ccc(F)c(F)c1OC. The minimum absolute atomic E-state index is 0.113. The van der Waals surface area contributed by atoms with Crippen molar-refractivity contribution in [1.82, 2.24) is 0 Å². The molecule has 0 fully saturated rings. The van der Waals surface area contributed by atoms with E-state index in [0.717, 1.165) is 6.07 Å². The quantitative estimate of drug-likeness (QED) is 0.637. The maximum absolute atomic E-state index is 13.0. The molecule has 0 amide bonds. The summed E-state index contributed by atoms with van der Waals surface area (Å²) in [6.07, 6.45) is 5.27. The van der Waals surface area contributed by atoms with E-state index in [1.165, 1.54) is 13.2 Å². The van der Waals surface area contributed by atoms with Gasteiger partial charge in [0.05, 0.1) is 7.11 Å². The Morgan fingerprint density at radius 3 is 2.69 bits per heavy atom. The van der Waals surface area contributed by atoms with Crippen LogP contribution in [-0.2, 0) is 6.42 Å². The van der Waals surface area contributed by atoms with Crippen molar-refractivity contribution < 1.29 is 13.5 Å². The van der Waals surface area contributed by atoms with E-state index >= 15 is 0 Å². The monoisotopic (exact) mass is 182 g/mol. The lowest BCUT2D eigenvalue weighted by atomic mass is 10.1. The highest BCUT2D eigenvalue weighted by Crippen LogP contribution is 2.24. The van der Waals surface area contributed by atoms with Gasteiger partial charge in [0.25, 0.3) is 0 Å². The molecular formula is C10H8F2O. The first-order valence-corrected chi connectivity index (χ1v) is 3.65. The second kappa shape index (κ2) is 3.90. The van der Waals surface area contributed by atoms with Crippen LogP contribution in [0, 0.1) is 24.0 Å². The molecule has 0 saturated carbocycles. The Hall–Kier alpha value is -1.56. The zero-order valence-electron chi connectivity index (χ0n) is 7.10. The molecule has 3 heteroatoms. The molecule has 13 heavy (non-hydrogen) atoms. The topological polar surface area (TPSA) is 9.23 Å². The lowest BCUT2D eigenvalue weighted by Crippen LogP contribution is -1.97. The fourth-order valence-corrected chi connectivity index (χ4v) is 1.04. The van der Waals surface area contributed by atoms with Gasteiger partial charge in [-0.1, -0.05) is 6.07 Å². The second-order valence-corrected chi connectivity index (χ2v) is 2.43. The number of hydrogen-bond donors (Lipinski definition) is 0. The molecule has 0 aliphatic heterocycles. The molecule has 0 bridgehead atoms. The van der Waals surface area contributed by atoms with E-state index in [2.05, 4.69) is 5.92 Å². The fourth-order valence-electron chi connectivity index (χ4n) is 1.04. The van der Waals surface area contributed by atoms with Crippen LogP contribution >= 0.6 is 0 Å². The zero-order valence-corrected chi connectivity index (χ0v) is 7.10. The van der Waals surface area contributed by atoms with E-state index in [9.17, 15) is 8.78 Å². The van der Waals surface area contributed by atoms with Gasteiger partial charge < -0.3 is 4.74 Å². The predicted molar refractivity (Wildman–Crippen MR) is 45.4 cm³/mol. The Morgan fingerprint density at radius 1 is 1.46 bits per heavy atom. The lowest BCUT2D eigenvalue weighted by molar-refractivity contribution is 0.368. The smallest absolute Gasteiger partial charge is 0.200 e. The van der Waals surface area contributed by atoms with Gasteiger partial charge in [-0.25, -0.2) is 4.39 Å². The van der Waals surface area contributed by atoms with Crippen LogP contribution in [0.2, 0.25) is 0 Å². The maximum atomic E-state index is 13.0. The molecule has 0 unspecified atom stereocenters. The minimum atomic E-state index is -0.991. The number of hydrogen-bond acceptors (Lipinski definition) is 1. The average molecular weight is 182 g/mol. The summed E-state index contributed by atoms with van der Waals surface area (Å²) in [5, 5.41) is 0. The Morgan fingerprint density at radius 2 is 2.15 bits per heavy atom. The van der Waals surface area contributed by atoms with E-state index in [4.69, 9.17) is 11.2 Å². The number of halogens is 2. The third-order valence-corrected chi connectivity index (χ3v) is 1.63. The van der Waals surface area contributed by atoms with Crippen LogP contribution in [0.1, 0.15) is 5.56 Å². The molecular weight excluding hydrogens is 174 g/mol. The first-order chi connectivity index (χ1) is 6.20. The summed E-state index contributed by atoms with van der Waals surface area (Å²) in [6, 6.07) is 2.45. The molecule has 1 aromatic rings. The molecule has 0 heterocycles. The molecule has 0 aliphatic rings. The maximum Gasteiger partial charge on any atom is 0.200 e. The van der Waals surface area contributed by atoms with Crippen LogP contribution in [0.5, 0.6) is 5.75 Å². The van der Waals surface area contributed by atoms with Crippen molar-refractivity contribution in [1.29, 1.82) is 0 Å². The molecule has 0 N–H and O–H groups in total. The standard InChI is InChI=1S/C10H8F2O/c1-3-4-7-5-6-8(11)9(12)10(7)13-2/h1,5-6H,4H2,2H3. The minimum Gasteiger partial charge on any atom is -0.493 e. The molecule has 1 aromatic carbocycles. The molecule has 0 aliphatic carbocycles. The van der Waals surface area contributed by atoms with Crippen molar-refractivity contribution in [3.05, 3.63) is 29.3 Å². The molecule has 0 radical (unpaired) electrons. The van der Waals surface area contributed by atoms with Crippen LogP contribution in [0.25, 0.3) is 0 Å². The molecule has 0 saturated heterocycles. The fraction of sp³-hybridized carbons (Fsp3) is 0.200. The Balaban J connectivity index is 3.23. The van der Waals surface area contributed by atoms with E-state index in [-0.39, 0.29) is 12.2 Å². The van der Waals surface area contributed by atoms with E-state index in [1.807, 2.05) is 0 Å². The molecule has 0 aromatic heterocycles. The summed E-state index contributed by atoms with van der Waals surface area (Å²) in [5.41, 5.74) is 0.476. The van der Waals surface area contributed by atoms with Crippen LogP contribution < -0.4 is 4.74 Å². The van der Waals surface area contributed by atoms with Gasteiger partial charge in [0.15, 0.2) is 11.6 Å². The average Bonchev–Trinajstić information content (AvgIpc) is 2.12. The van der Waals surface area contributed by atoms with Crippen molar-refractivity contribution in [3.8, 4) is 18.1 Å². The van der Waals surface area contributed by atoms with Gasteiger partial charge >= 0.3 is 0 Å². The summed E-state index contributed by atoms with van der Waals surface area (Å²) >= 11 is 0. The molecule has 0 atom stereocenters. The Bertz CT molecular complexity index is 353.